The second kappa shape index (κ2) is 5.96. The minimum Gasteiger partial charge on any atom is -0.454 e. The normalized spacial score (nSPS) is 16.1. The Bertz CT molecular complexity index is 521. The van der Waals surface area contributed by atoms with Crippen LogP contribution in [0.3, 0.4) is 0 Å². The first-order valence-corrected chi connectivity index (χ1v) is 6.57. The summed E-state index contributed by atoms with van der Waals surface area (Å²) in [5.74, 6) is 1.16. The maximum atomic E-state index is 11.8. The van der Waals surface area contributed by atoms with Crippen LogP contribution in [0.4, 0.5) is 0 Å². The third kappa shape index (κ3) is 3.30. The molecule has 108 valence electrons. The molecule has 0 fully saturated rings. The molecule has 1 atom stereocenters. The van der Waals surface area contributed by atoms with Gasteiger partial charge >= 0.3 is 0 Å². The van der Waals surface area contributed by atoms with Crippen molar-refractivity contribution < 1.29 is 19.4 Å². The van der Waals surface area contributed by atoms with E-state index in [0.717, 1.165) is 5.56 Å². The van der Waals surface area contributed by atoms with Crippen molar-refractivity contribution in [3.63, 3.8) is 0 Å². The van der Waals surface area contributed by atoms with Gasteiger partial charge in [0.25, 0.3) is 0 Å². The summed E-state index contributed by atoms with van der Waals surface area (Å²) in [5.41, 5.74) is 0.266. The highest BCUT2D eigenvalue weighted by molar-refractivity contribution is 5.92. The van der Waals surface area contributed by atoms with Crippen molar-refractivity contribution in [2.75, 3.05) is 13.4 Å². The van der Waals surface area contributed by atoms with Crippen LogP contribution in [0.5, 0.6) is 11.5 Å². The summed E-state index contributed by atoms with van der Waals surface area (Å²) in [6.07, 6.45) is 3.80. The van der Waals surface area contributed by atoms with E-state index in [-0.39, 0.29) is 19.3 Å². The Morgan fingerprint density at radius 3 is 2.90 bits per heavy atom. The first-order valence-electron chi connectivity index (χ1n) is 6.57. The quantitative estimate of drug-likeness (QED) is 0.804. The molecule has 1 aliphatic heterocycles. The molecule has 1 heterocycles. The van der Waals surface area contributed by atoms with Gasteiger partial charge in [0.05, 0.1) is 12.1 Å². The Hall–Kier alpha value is -2.01. The Morgan fingerprint density at radius 1 is 1.45 bits per heavy atom. The zero-order valence-electron chi connectivity index (χ0n) is 11.7. The molecule has 5 nitrogen and oxygen atoms in total. The SMILES string of the molecule is CCC(C)(CO)NC(=O)C=Cc1ccc2c(c1)OCO2. The minimum absolute atomic E-state index is 0.0902. The monoisotopic (exact) mass is 277 g/mol. The summed E-state index contributed by atoms with van der Waals surface area (Å²) in [6, 6.07) is 5.48. The molecular formula is C15H19NO4. The number of nitrogens with one attached hydrogen (secondary N) is 1. The van der Waals surface area contributed by atoms with E-state index in [4.69, 9.17) is 9.47 Å². The fourth-order valence-electron chi connectivity index (χ4n) is 1.77. The lowest BCUT2D eigenvalue weighted by Crippen LogP contribution is -2.47. The van der Waals surface area contributed by atoms with Crippen molar-refractivity contribution in [3.8, 4) is 11.5 Å². The van der Waals surface area contributed by atoms with Crippen molar-refractivity contribution in [3.05, 3.63) is 29.8 Å². The molecule has 2 N–H and O–H groups in total. The van der Waals surface area contributed by atoms with E-state index in [0.29, 0.717) is 17.9 Å². The number of aliphatic hydroxyl groups excluding tert-OH is 1. The summed E-state index contributed by atoms with van der Waals surface area (Å²) in [5, 5.41) is 12.0. The smallest absolute Gasteiger partial charge is 0.244 e. The molecule has 1 aromatic carbocycles. The summed E-state index contributed by atoms with van der Waals surface area (Å²) < 4.78 is 10.5. The standard InChI is InChI=1S/C15H19NO4/c1-3-15(2,9-17)16-14(18)7-5-11-4-6-12-13(8-11)20-10-19-12/h4-8,17H,3,9-10H2,1-2H3,(H,16,18). The molecular weight excluding hydrogens is 258 g/mol. The Morgan fingerprint density at radius 2 is 2.20 bits per heavy atom. The molecule has 0 bridgehead atoms. The summed E-state index contributed by atoms with van der Waals surface area (Å²) in [7, 11) is 0. The second-order valence-electron chi connectivity index (χ2n) is 5.01. The van der Waals surface area contributed by atoms with Crippen LogP contribution >= 0.6 is 0 Å². The molecule has 0 saturated carbocycles. The van der Waals surface area contributed by atoms with Gasteiger partial charge < -0.3 is 19.9 Å². The second-order valence-corrected chi connectivity index (χ2v) is 5.01. The van der Waals surface area contributed by atoms with Crippen molar-refractivity contribution in [1.82, 2.24) is 5.32 Å². The van der Waals surface area contributed by atoms with Crippen LogP contribution in [0.1, 0.15) is 25.8 Å². The van der Waals surface area contributed by atoms with Crippen LogP contribution in [0, 0.1) is 0 Å². The third-order valence-electron chi connectivity index (χ3n) is 3.38. The van der Waals surface area contributed by atoms with Gasteiger partial charge in [0.15, 0.2) is 11.5 Å². The number of amides is 1. The lowest BCUT2D eigenvalue weighted by molar-refractivity contribution is -0.118. The van der Waals surface area contributed by atoms with Gasteiger partial charge in [-0.05, 0) is 37.1 Å². The first-order chi connectivity index (χ1) is 9.56. The molecule has 0 aromatic heterocycles. The molecule has 0 spiro atoms. The number of hydrogen-bond acceptors (Lipinski definition) is 4. The lowest BCUT2D eigenvalue weighted by atomic mass is 10.0. The van der Waals surface area contributed by atoms with E-state index < -0.39 is 5.54 Å². The summed E-state index contributed by atoms with van der Waals surface area (Å²) in [4.78, 5) is 11.8. The average Bonchev–Trinajstić information content (AvgIpc) is 2.92. The highest BCUT2D eigenvalue weighted by Crippen LogP contribution is 2.32. The van der Waals surface area contributed by atoms with E-state index in [1.807, 2.05) is 25.1 Å². The fourth-order valence-corrected chi connectivity index (χ4v) is 1.77. The molecule has 20 heavy (non-hydrogen) atoms. The van der Waals surface area contributed by atoms with Gasteiger partial charge in [0, 0.05) is 6.08 Å². The number of carbonyl (C=O) groups excluding carboxylic acids is 1. The van der Waals surface area contributed by atoms with Crippen LogP contribution in [-0.2, 0) is 4.79 Å². The predicted molar refractivity (Wildman–Crippen MR) is 75.5 cm³/mol. The maximum Gasteiger partial charge on any atom is 0.244 e. The molecule has 1 aromatic rings. The van der Waals surface area contributed by atoms with Crippen molar-refractivity contribution in [2.45, 2.75) is 25.8 Å². The third-order valence-corrected chi connectivity index (χ3v) is 3.38. The first kappa shape index (κ1) is 14.4. The van der Waals surface area contributed by atoms with Gasteiger partial charge in [-0.25, -0.2) is 0 Å². The van der Waals surface area contributed by atoms with Crippen molar-refractivity contribution >= 4 is 12.0 Å². The highest BCUT2D eigenvalue weighted by Gasteiger charge is 2.21. The molecule has 5 heteroatoms. The number of rotatable bonds is 5. The lowest BCUT2D eigenvalue weighted by Gasteiger charge is -2.26. The number of hydrogen-bond donors (Lipinski definition) is 2. The van der Waals surface area contributed by atoms with E-state index in [1.165, 1.54) is 6.08 Å². The molecule has 1 amide bonds. The molecule has 0 saturated heterocycles. The van der Waals surface area contributed by atoms with Gasteiger partial charge in [0.2, 0.25) is 12.7 Å². The van der Waals surface area contributed by atoms with E-state index in [2.05, 4.69) is 5.32 Å². The summed E-state index contributed by atoms with van der Waals surface area (Å²) in [6.45, 7) is 3.86. The van der Waals surface area contributed by atoms with Crippen LogP contribution in [0.25, 0.3) is 6.08 Å². The minimum atomic E-state index is -0.587. The predicted octanol–water partition coefficient (Wildman–Crippen LogP) is 1.71. The van der Waals surface area contributed by atoms with Gasteiger partial charge in [-0.2, -0.15) is 0 Å². The molecule has 0 radical (unpaired) electrons. The Kier molecular flexibility index (Phi) is 4.29. The van der Waals surface area contributed by atoms with Crippen LogP contribution in [0.15, 0.2) is 24.3 Å². The number of aliphatic hydroxyl groups is 1. The average molecular weight is 277 g/mol. The molecule has 1 aliphatic rings. The van der Waals surface area contributed by atoms with E-state index in [1.54, 1.807) is 13.0 Å². The molecule has 1 unspecified atom stereocenters. The summed E-state index contributed by atoms with van der Waals surface area (Å²) >= 11 is 0. The van der Waals surface area contributed by atoms with Gasteiger partial charge in [0.1, 0.15) is 0 Å². The fraction of sp³-hybridized carbons (Fsp3) is 0.400. The van der Waals surface area contributed by atoms with E-state index >= 15 is 0 Å². The zero-order chi connectivity index (χ0) is 14.6. The topological polar surface area (TPSA) is 67.8 Å². The van der Waals surface area contributed by atoms with Crippen LogP contribution in [-0.4, -0.2) is 30.0 Å². The number of carbonyl (C=O) groups is 1. The number of fused-ring (bicyclic) bond motifs is 1. The number of ether oxygens (including phenoxy) is 2. The largest absolute Gasteiger partial charge is 0.454 e. The van der Waals surface area contributed by atoms with Gasteiger partial charge in [-0.3, -0.25) is 4.79 Å². The highest BCUT2D eigenvalue weighted by atomic mass is 16.7. The van der Waals surface area contributed by atoms with Gasteiger partial charge in [-0.1, -0.05) is 13.0 Å². The van der Waals surface area contributed by atoms with Crippen LogP contribution in [0.2, 0.25) is 0 Å². The van der Waals surface area contributed by atoms with Crippen molar-refractivity contribution in [1.29, 1.82) is 0 Å². The Labute approximate surface area is 118 Å². The zero-order valence-corrected chi connectivity index (χ0v) is 11.7. The molecule has 0 aliphatic carbocycles. The van der Waals surface area contributed by atoms with Gasteiger partial charge in [-0.15, -0.1) is 0 Å². The molecule has 2 rings (SSSR count). The number of benzene rings is 1. The Balaban J connectivity index is 2.00. The van der Waals surface area contributed by atoms with Crippen molar-refractivity contribution in [2.24, 2.45) is 0 Å². The van der Waals surface area contributed by atoms with E-state index in [9.17, 15) is 9.90 Å². The van der Waals surface area contributed by atoms with Crippen LogP contribution < -0.4 is 14.8 Å². The maximum absolute atomic E-state index is 11.8.